The lowest BCUT2D eigenvalue weighted by Crippen LogP contribution is -2.00. The molecule has 0 N–H and O–H groups in total. The van der Waals surface area contributed by atoms with Gasteiger partial charge in [-0.3, -0.25) is 0 Å². The highest BCUT2D eigenvalue weighted by Crippen LogP contribution is 2.41. The molecule has 8 aromatic carbocycles. The number of fused-ring (bicyclic) bond motifs is 6. The lowest BCUT2D eigenvalue weighted by molar-refractivity contribution is 1.07. The van der Waals surface area contributed by atoms with E-state index in [9.17, 15) is 5.26 Å². The van der Waals surface area contributed by atoms with Crippen LogP contribution in [0.25, 0.3) is 100 Å². The zero-order valence-electron chi connectivity index (χ0n) is 31.2. The third-order valence-electron chi connectivity index (χ3n) is 11.0. The Hall–Kier alpha value is -8.14. The van der Waals surface area contributed by atoms with Crippen molar-refractivity contribution >= 4 is 43.6 Å². The highest BCUT2D eigenvalue weighted by atomic mass is 15.0. The summed E-state index contributed by atoms with van der Waals surface area (Å²) in [6.45, 7) is 0. The van der Waals surface area contributed by atoms with Crippen LogP contribution < -0.4 is 0 Å². The lowest BCUT2D eigenvalue weighted by atomic mass is 9.96. The summed E-state index contributed by atoms with van der Waals surface area (Å²) in [5.74, 6) is 1.64. The molecule has 0 saturated carbocycles. The maximum absolute atomic E-state index is 10.4. The van der Waals surface area contributed by atoms with Crippen LogP contribution in [0.15, 0.2) is 194 Å². The van der Waals surface area contributed by atoms with E-state index in [0.717, 1.165) is 66.5 Å². The Morgan fingerprint density at radius 3 is 1.55 bits per heavy atom. The average Bonchev–Trinajstić information content (AvgIpc) is 3.82. The van der Waals surface area contributed by atoms with Gasteiger partial charge in [0.15, 0.2) is 17.5 Å². The molecule has 3 aromatic heterocycles. The summed E-state index contributed by atoms with van der Waals surface area (Å²) in [5, 5.41) is 15.1. The van der Waals surface area contributed by atoms with Gasteiger partial charge in [-0.25, -0.2) is 15.0 Å². The molecule has 11 rings (SSSR count). The summed E-state index contributed by atoms with van der Waals surface area (Å²) in [6.07, 6.45) is 0. The Morgan fingerprint density at radius 2 is 0.879 bits per heavy atom. The minimum Gasteiger partial charge on any atom is -0.309 e. The summed E-state index contributed by atoms with van der Waals surface area (Å²) in [7, 11) is 0. The van der Waals surface area contributed by atoms with Crippen LogP contribution in [-0.2, 0) is 0 Å². The quantitative estimate of drug-likeness (QED) is 0.170. The van der Waals surface area contributed by atoms with Gasteiger partial charge < -0.3 is 9.13 Å². The van der Waals surface area contributed by atoms with Crippen molar-refractivity contribution in [2.45, 2.75) is 0 Å². The number of rotatable bonds is 6. The van der Waals surface area contributed by atoms with Crippen molar-refractivity contribution in [1.29, 1.82) is 5.26 Å². The summed E-state index contributed by atoms with van der Waals surface area (Å²) >= 11 is 0. The minimum atomic E-state index is 0.503. The number of nitriles is 1. The van der Waals surface area contributed by atoms with Crippen LogP contribution >= 0.6 is 0 Å². The smallest absolute Gasteiger partial charge is 0.164 e. The largest absolute Gasteiger partial charge is 0.309 e. The van der Waals surface area contributed by atoms with E-state index in [-0.39, 0.29) is 0 Å². The third-order valence-corrected chi connectivity index (χ3v) is 11.0. The van der Waals surface area contributed by atoms with Crippen LogP contribution in [-0.4, -0.2) is 24.1 Å². The molecular formula is C52H32N6. The molecule has 0 aliphatic carbocycles. The maximum Gasteiger partial charge on any atom is 0.164 e. The fraction of sp³-hybridized carbons (Fsp3) is 0. The SMILES string of the molecule is N#Cc1cc(-c2nc(-c3ccccc3)nc(-c3ccccc3)n2)cc(-c2cccc3c2c2ccccc2n3-c2ccc3c4ccccc4n(-c4ccccc4)c3c2)c1. The molecule has 0 radical (unpaired) electrons. The summed E-state index contributed by atoms with van der Waals surface area (Å²) in [6, 6.07) is 69.2. The van der Waals surface area contributed by atoms with E-state index in [4.69, 9.17) is 15.0 Å². The first kappa shape index (κ1) is 33.2. The van der Waals surface area contributed by atoms with Crippen LogP contribution in [0.3, 0.4) is 0 Å². The summed E-state index contributed by atoms with van der Waals surface area (Å²) < 4.78 is 4.72. The number of hydrogen-bond acceptors (Lipinski definition) is 4. The van der Waals surface area contributed by atoms with Gasteiger partial charge in [0, 0.05) is 49.6 Å². The molecule has 3 heterocycles. The Kier molecular flexibility index (Phi) is 7.76. The first-order chi connectivity index (χ1) is 28.7. The Bertz CT molecular complexity index is 3340. The normalized spacial score (nSPS) is 11.4. The van der Waals surface area contributed by atoms with Crippen LogP contribution in [0.1, 0.15) is 5.56 Å². The first-order valence-electron chi connectivity index (χ1n) is 19.3. The van der Waals surface area contributed by atoms with Crippen molar-refractivity contribution in [2.24, 2.45) is 0 Å². The van der Waals surface area contributed by atoms with Gasteiger partial charge in [-0.2, -0.15) is 5.26 Å². The van der Waals surface area contributed by atoms with Crippen LogP contribution in [0, 0.1) is 11.3 Å². The molecule has 270 valence electrons. The number of nitrogens with zero attached hydrogens (tertiary/aromatic N) is 6. The molecule has 0 aliphatic heterocycles. The molecule has 11 aromatic rings. The van der Waals surface area contributed by atoms with Gasteiger partial charge in [0.25, 0.3) is 0 Å². The van der Waals surface area contributed by atoms with Crippen LogP contribution in [0.4, 0.5) is 0 Å². The van der Waals surface area contributed by atoms with E-state index in [1.54, 1.807) is 0 Å². The molecule has 0 saturated heterocycles. The minimum absolute atomic E-state index is 0.503. The van der Waals surface area contributed by atoms with Gasteiger partial charge in [0.1, 0.15) is 0 Å². The molecule has 6 heteroatoms. The van der Waals surface area contributed by atoms with Crippen molar-refractivity contribution in [2.75, 3.05) is 0 Å². The van der Waals surface area contributed by atoms with Gasteiger partial charge in [0.05, 0.1) is 33.7 Å². The van der Waals surface area contributed by atoms with Gasteiger partial charge in [-0.05, 0) is 71.8 Å². The van der Waals surface area contributed by atoms with Gasteiger partial charge in [0.2, 0.25) is 0 Å². The molecule has 0 spiro atoms. The predicted octanol–water partition coefficient (Wildman–Crippen LogP) is 12.6. The molecule has 0 amide bonds. The van der Waals surface area contributed by atoms with Crippen molar-refractivity contribution in [1.82, 2.24) is 24.1 Å². The zero-order chi connectivity index (χ0) is 38.6. The van der Waals surface area contributed by atoms with E-state index < -0.39 is 0 Å². The topological polar surface area (TPSA) is 72.3 Å². The van der Waals surface area contributed by atoms with E-state index >= 15 is 0 Å². The Labute approximate surface area is 334 Å². The van der Waals surface area contributed by atoms with E-state index in [1.807, 2.05) is 72.8 Å². The second-order valence-corrected chi connectivity index (χ2v) is 14.4. The maximum atomic E-state index is 10.4. The Balaban J connectivity index is 1.13. The highest BCUT2D eigenvalue weighted by molar-refractivity contribution is 6.16. The molecule has 0 atom stereocenters. The molecule has 0 unspecified atom stereocenters. The standard InChI is InChI=1S/C52H32N6/c53-33-34-29-37(31-38(30-34)52-55-50(35-15-4-1-5-16-35)54-51(56-52)36-17-6-2-7-18-36)41-23-14-26-47-49(41)44-22-11-13-25-46(44)58(47)40-27-28-43-42-21-10-12-24-45(42)57(48(43)32-40)39-19-8-3-9-20-39/h1-32H. The molecule has 0 bridgehead atoms. The zero-order valence-corrected chi connectivity index (χ0v) is 31.2. The van der Waals surface area contributed by atoms with Gasteiger partial charge in [-0.15, -0.1) is 0 Å². The van der Waals surface area contributed by atoms with Crippen molar-refractivity contribution in [3.8, 4) is 62.7 Å². The second kappa shape index (κ2) is 13.6. The van der Waals surface area contributed by atoms with E-state index in [1.165, 1.54) is 16.3 Å². The second-order valence-electron chi connectivity index (χ2n) is 14.4. The van der Waals surface area contributed by atoms with Gasteiger partial charge >= 0.3 is 0 Å². The highest BCUT2D eigenvalue weighted by Gasteiger charge is 2.20. The fourth-order valence-electron chi connectivity index (χ4n) is 8.41. The number of aromatic nitrogens is 5. The number of hydrogen-bond donors (Lipinski definition) is 0. The first-order valence-corrected chi connectivity index (χ1v) is 19.3. The van der Waals surface area contributed by atoms with Crippen molar-refractivity contribution in [3.63, 3.8) is 0 Å². The number of para-hydroxylation sites is 3. The Morgan fingerprint density at radius 1 is 0.362 bits per heavy atom. The molecule has 6 nitrogen and oxygen atoms in total. The van der Waals surface area contributed by atoms with Crippen LogP contribution in [0.2, 0.25) is 0 Å². The monoisotopic (exact) mass is 740 g/mol. The van der Waals surface area contributed by atoms with E-state index in [0.29, 0.717) is 23.0 Å². The van der Waals surface area contributed by atoms with E-state index in [2.05, 4.69) is 137 Å². The van der Waals surface area contributed by atoms with Crippen molar-refractivity contribution in [3.05, 3.63) is 200 Å². The van der Waals surface area contributed by atoms with Gasteiger partial charge in [-0.1, -0.05) is 133 Å². The molecule has 0 aliphatic rings. The molecule has 0 fully saturated rings. The summed E-state index contributed by atoms with van der Waals surface area (Å²) in [5.41, 5.74) is 11.6. The predicted molar refractivity (Wildman–Crippen MR) is 235 cm³/mol. The molecular weight excluding hydrogens is 709 g/mol. The lowest BCUT2D eigenvalue weighted by Gasteiger charge is -2.12. The van der Waals surface area contributed by atoms with Crippen LogP contribution in [0.5, 0.6) is 0 Å². The summed E-state index contributed by atoms with van der Waals surface area (Å²) in [4.78, 5) is 14.9. The molecule has 58 heavy (non-hydrogen) atoms. The fourth-order valence-corrected chi connectivity index (χ4v) is 8.41. The third kappa shape index (κ3) is 5.45. The average molecular weight is 741 g/mol. The number of benzene rings is 8. The van der Waals surface area contributed by atoms with Crippen molar-refractivity contribution < 1.29 is 0 Å².